The van der Waals surface area contributed by atoms with Crippen LogP contribution in [0, 0.1) is 0 Å². The molecule has 0 fully saturated rings. The predicted octanol–water partition coefficient (Wildman–Crippen LogP) is 10.2. The average Bonchev–Trinajstić information content (AvgIpc) is 3.61. The van der Waals surface area contributed by atoms with E-state index in [4.69, 9.17) is 29.4 Å². The lowest BCUT2D eigenvalue weighted by molar-refractivity contribution is 0.338. The van der Waals surface area contributed by atoms with Crippen LogP contribution >= 0.6 is 0 Å². The molecular formula is C54H49BN6O2. The Bertz CT molecular complexity index is 2810. The van der Waals surface area contributed by atoms with Crippen LogP contribution in [0.15, 0.2) is 162 Å². The van der Waals surface area contributed by atoms with E-state index in [1.165, 1.54) is 0 Å². The first-order valence-corrected chi connectivity index (χ1v) is 21.8. The largest absolute Gasteiger partial charge is 0.458 e. The van der Waals surface area contributed by atoms with Crippen LogP contribution in [0.2, 0.25) is 0 Å². The summed E-state index contributed by atoms with van der Waals surface area (Å²) in [6, 6.07) is 48.5. The molecule has 0 aliphatic carbocycles. The van der Waals surface area contributed by atoms with Crippen molar-refractivity contribution < 1.29 is 9.47 Å². The van der Waals surface area contributed by atoms with Crippen LogP contribution < -0.4 is 35.7 Å². The first kappa shape index (κ1) is 38.9. The fraction of sp³-hybridized carbons (Fsp3) is 0.222. The van der Waals surface area contributed by atoms with Crippen LogP contribution in [0.4, 0.5) is 11.4 Å². The quantitative estimate of drug-likeness (QED) is 0.156. The van der Waals surface area contributed by atoms with Crippen molar-refractivity contribution in [3.8, 4) is 45.3 Å². The molecule has 2 aromatic heterocycles. The molecule has 310 valence electrons. The Morgan fingerprint density at radius 3 is 1.24 bits per heavy atom. The Balaban J connectivity index is 0.896. The zero-order valence-electron chi connectivity index (χ0n) is 37.0. The van der Waals surface area contributed by atoms with Crippen molar-refractivity contribution in [2.75, 3.05) is 9.80 Å². The fourth-order valence-corrected chi connectivity index (χ4v) is 9.54. The van der Waals surface area contributed by atoms with Gasteiger partial charge in [0.15, 0.2) is 11.7 Å². The van der Waals surface area contributed by atoms with Crippen molar-refractivity contribution in [2.45, 2.75) is 77.5 Å². The molecule has 6 heterocycles. The molecule has 9 heteroatoms. The van der Waals surface area contributed by atoms with Gasteiger partial charge >= 0.3 is 0 Å². The molecule has 0 spiro atoms. The zero-order valence-corrected chi connectivity index (χ0v) is 37.0. The standard InChI is InChI=1S/C54H49BN6O2/c1-51(2)53(5,6)60(38-16-11-9-12-17-38)49(58-51)42-28-24-36(32-56-42)34-22-26-40-46(30-34)62-44-20-15-21-45-48(44)55(40)41-27-23-35(31-47(41)63-45)37-25-29-43(57-33-37)50-59-52(3,4)54(7,8)61(50)39-18-13-10-14-19-39/h9-33H,1-8H3. The van der Waals surface area contributed by atoms with E-state index in [-0.39, 0.29) is 28.9 Å². The molecule has 0 saturated carbocycles. The van der Waals surface area contributed by atoms with Gasteiger partial charge in [-0.3, -0.25) is 20.0 Å². The molecule has 11 rings (SSSR count). The van der Waals surface area contributed by atoms with Gasteiger partial charge < -0.3 is 19.3 Å². The average molecular weight is 825 g/mol. The molecule has 0 unspecified atom stereocenters. The molecule has 0 bridgehead atoms. The summed E-state index contributed by atoms with van der Waals surface area (Å²) < 4.78 is 13.4. The number of rotatable bonds is 6. The molecule has 0 radical (unpaired) electrons. The van der Waals surface area contributed by atoms with Gasteiger partial charge in [0.1, 0.15) is 34.4 Å². The van der Waals surface area contributed by atoms with E-state index < -0.39 is 0 Å². The van der Waals surface area contributed by atoms with Crippen molar-refractivity contribution in [3.05, 3.63) is 163 Å². The molecule has 0 saturated heterocycles. The number of hydrogen-bond donors (Lipinski definition) is 0. The van der Waals surface area contributed by atoms with E-state index in [0.717, 1.165) is 96.1 Å². The molecule has 4 aliphatic heterocycles. The van der Waals surface area contributed by atoms with E-state index in [1.807, 2.05) is 42.7 Å². The number of fused-ring (bicyclic) bond motifs is 4. The highest BCUT2D eigenvalue weighted by Gasteiger charge is 2.51. The molecular weight excluding hydrogens is 775 g/mol. The molecule has 8 nitrogen and oxygen atoms in total. The lowest BCUT2D eigenvalue weighted by Crippen LogP contribution is -2.57. The van der Waals surface area contributed by atoms with Crippen LogP contribution in [0.25, 0.3) is 22.3 Å². The van der Waals surface area contributed by atoms with Gasteiger partial charge in [0.25, 0.3) is 6.71 Å². The predicted molar refractivity (Wildman–Crippen MR) is 258 cm³/mol. The first-order chi connectivity index (χ1) is 30.2. The van der Waals surface area contributed by atoms with Crippen molar-refractivity contribution in [1.82, 2.24) is 9.97 Å². The molecule has 0 atom stereocenters. The van der Waals surface area contributed by atoms with Gasteiger partial charge in [0.2, 0.25) is 0 Å². The summed E-state index contributed by atoms with van der Waals surface area (Å²) in [5.41, 5.74) is 10.1. The maximum Gasteiger partial charge on any atom is 0.260 e. The summed E-state index contributed by atoms with van der Waals surface area (Å²) in [6.07, 6.45) is 3.90. The molecule has 4 aliphatic rings. The molecule has 63 heavy (non-hydrogen) atoms. The number of aromatic nitrogens is 2. The summed E-state index contributed by atoms with van der Waals surface area (Å²) in [7, 11) is 0. The normalized spacial score (nSPS) is 18.1. The van der Waals surface area contributed by atoms with Gasteiger partial charge in [0.05, 0.1) is 22.2 Å². The zero-order chi connectivity index (χ0) is 43.5. The topological polar surface area (TPSA) is 75.4 Å². The Morgan fingerprint density at radius 2 is 0.841 bits per heavy atom. The van der Waals surface area contributed by atoms with Gasteiger partial charge in [-0.1, -0.05) is 78.9 Å². The SMILES string of the molecule is CC1(C)N=C(c2ccc(-c3ccc4c(c3)Oc3cccc5c3B4c3ccc(-c4ccc(C6=NC(C)(C)C(C)(C)N6c6ccccc6)nc4)cc3O5)cn2)N(c2ccccc2)C1(C)C. The van der Waals surface area contributed by atoms with Gasteiger partial charge in [-0.2, -0.15) is 0 Å². The number of ether oxygens (including phenoxy) is 2. The summed E-state index contributed by atoms with van der Waals surface area (Å²) in [6.45, 7) is 17.7. The number of benzene rings is 5. The number of anilines is 2. The number of amidine groups is 2. The van der Waals surface area contributed by atoms with E-state index in [1.54, 1.807) is 0 Å². The number of hydrogen-bond acceptors (Lipinski definition) is 8. The Morgan fingerprint density at radius 1 is 0.429 bits per heavy atom. The Labute approximate surface area is 370 Å². The van der Waals surface area contributed by atoms with E-state index in [0.29, 0.717) is 0 Å². The van der Waals surface area contributed by atoms with Gasteiger partial charge in [-0.05, 0) is 138 Å². The molecule has 7 aromatic rings. The van der Waals surface area contributed by atoms with Crippen LogP contribution in [0.1, 0.15) is 66.8 Å². The molecule has 0 amide bonds. The maximum atomic E-state index is 6.68. The monoisotopic (exact) mass is 824 g/mol. The third kappa shape index (κ3) is 5.96. The maximum absolute atomic E-state index is 6.68. The number of para-hydroxylation sites is 2. The van der Waals surface area contributed by atoms with Gasteiger partial charge in [-0.25, -0.2) is 0 Å². The Kier molecular flexibility index (Phi) is 8.49. The van der Waals surface area contributed by atoms with Crippen molar-refractivity contribution >= 4 is 46.1 Å². The summed E-state index contributed by atoms with van der Waals surface area (Å²) in [4.78, 5) is 25.1. The minimum atomic E-state index is -0.315. The smallest absolute Gasteiger partial charge is 0.260 e. The Hall–Kier alpha value is -7.00. The number of nitrogens with zero attached hydrogens (tertiary/aromatic N) is 6. The second kappa shape index (κ2) is 13.8. The first-order valence-electron chi connectivity index (χ1n) is 21.8. The van der Waals surface area contributed by atoms with E-state index in [9.17, 15) is 0 Å². The van der Waals surface area contributed by atoms with Crippen molar-refractivity contribution in [2.24, 2.45) is 9.98 Å². The molecule has 5 aromatic carbocycles. The highest BCUT2D eigenvalue weighted by Crippen LogP contribution is 2.44. The lowest BCUT2D eigenvalue weighted by atomic mass is 9.35. The van der Waals surface area contributed by atoms with E-state index >= 15 is 0 Å². The highest BCUT2D eigenvalue weighted by molar-refractivity contribution is 6.98. The minimum Gasteiger partial charge on any atom is -0.458 e. The number of pyridine rings is 2. The van der Waals surface area contributed by atoms with Crippen LogP contribution in [-0.4, -0.2) is 50.5 Å². The third-order valence-electron chi connectivity index (χ3n) is 14.4. The van der Waals surface area contributed by atoms with Crippen LogP contribution in [0.5, 0.6) is 23.0 Å². The van der Waals surface area contributed by atoms with Crippen molar-refractivity contribution in [3.63, 3.8) is 0 Å². The number of aliphatic imine (C=N–C) groups is 2. The summed E-state index contributed by atoms with van der Waals surface area (Å²) >= 11 is 0. The fourth-order valence-electron chi connectivity index (χ4n) is 9.54. The second-order valence-electron chi connectivity index (χ2n) is 19.1. The van der Waals surface area contributed by atoms with E-state index in [2.05, 4.69) is 174 Å². The second-order valence-corrected chi connectivity index (χ2v) is 19.1. The molecule has 0 N–H and O–H groups in total. The summed E-state index contributed by atoms with van der Waals surface area (Å²) in [5, 5.41) is 0. The highest BCUT2D eigenvalue weighted by atomic mass is 16.5. The van der Waals surface area contributed by atoms with Crippen molar-refractivity contribution in [1.29, 1.82) is 0 Å². The van der Waals surface area contributed by atoms with Crippen LogP contribution in [-0.2, 0) is 0 Å². The third-order valence-corrected chi connectivity index (χ3v) is 14.4. The summed E-state index contributed by atoms with van der Waals surface area (Å²) in [5.74, 6) is 5.02. The minimum absolute atomic E-state index is 0.0556. The lowest BCUT2D eigenvalue weighted by Gasteiger charge is -2.41. The van der Waals surface area contributed by atoms with Gasteiger partial charge in [-0.15, -0.1) is 0 Å². The van der Waals surface area contributed by atoms with Crippen LogP contribution in [0.3, 0.4) is 0 Å². The van der Waals surface area contributed by atoms with Gasteiger partial charge in [0, 0.05) is 40.4 Å².